The largest absolute Gasteiger partial charge is 0.441 e. The third-order valence-electron chi connectivity index (χ3n) is 5.44. The topological polar surface area (TPSA) is 72.4 Å². The van der Waals surface area contributed by atoms with Crippen molar-refractivity contribution in [1.29, 1.82) is 0 Å². The molecule has 8 heteroatoms. The summed E-state index contributed by atoms with van der Waals surface area (Å²) in [6.07, 6.45) is 0.350. The second-order valence-corrected chi connectivity index (χ2v) is 7.85. The lowest BCUT2D eigenvalue weighted by molar-refractivity contribution is -0.119. The van der Waals surface area contributed by atoms with Crippen molar-refractivity contribution < 1.29 is 23.1 Å². The van der Waals surface area contributed by atoms with Crippen LogP contribution in [0.5, 0.6) is 0 Å². The van der Waals surface area contributed by atoms with E-state index in [0.29, 0.717) is 17.2 Å². The highest BCUT2D eigenvalue weighted by Crippen LogP contribution is 2.49. The molecule has 1 aliphatic rings. The van der Waals surface area contributed by atoms with E-state index in [0.717, 1.165) is 11.1 Å². The number of aryl methyl sites for hydroxylation is 1. The summed E-state index contributed by atoms with van der Waals surface area (Å²) in [5, 5.41) is 5.24. The number of anilines is 2. The van der Waals surface area contributed by atoms with Crippen LogP contribution in [-0.2, 0) is 9.53 Å². The minimum absolute atomic E-state index is 0.409. The van der Waals surface area contributed by atoms with Crippen molar-refractivity contribution in [2.24, 2.45) is 5.92 Å². The number of hydrogen-bond acceptors (Lipinski definition) is 3. The molecule has 0 radical (unpaired) electrons. The van der Waals surface area contributed by atoms with Crippen molar-refractivity contribution in [2.75, 3.05) is 10.6 Å². The van der Waals surface area contributed by atoms with Gasteiger partial charge in [-0.25, -0.2) is 13.6 Å². The number of aromatic nitrogens is 1. The Morgan fingerprint density at radius 3 is 2.41 bits per heavy atom. The van der Waals surface area contributed by atoms with Gasteiger partial charge in [0.15, 0.2) is 0 Å². The SMILES string of the molecule is Cc1ccccc1C(C)OC(=O)Nc1cccn1-c1ccc(NC(=O)C2CC2(F)F)cc1. The number of alkyl halides is 2. The summed E-state index contributed by atoms with van der Waals surface area (Å²) in [4.78, 5) is 24.3. The van der Waals surface area contributed by atoms with Gasteiger partial charge in [0.25, 0.3) is 5.92 Å². The van der Waals surface area contributed by atoms with Crippen LogP contribution in [0.3, 0.4) is 0 Å². The summed E-state index contributed by atoms with van der Waals surface area (Å²) in [6.45, 7) is 3.77. The van der Waals surface area contributed by atoms with Gasteiger partial charge in [-0.15, -0.1) is 0 Å². The Bertz CT molecular complexity index is 1140. The van der Waals surface area contributed by atoms with Crippen LogP contribution in [0.15, 0.2) is 66.9 Å². The first-order valence-corrected chi connectivity index (χ1v) is 10.2. The summed E-state index contributed by atoms with van der Waals surface area (Å²) in [7, 11) is 0. The molecule has 1 saturated carbocycles. The molecular formula is C24H23F2N3O3. The maximum atomic E-state index is 13.0. The number of benzene rings is 2. The number of ether oxygens (including phenoxy) is 1. The molecule has 166 valence electrons. The normalized spacial score (nSPS) is 17.3. The van der Waals surface area contributed by atoms with Gasteiger partial charge in [0.2, 0.25) is 5.91 Å². The average molecular weight is 439 g/mol. The molecule has 1 fully saturated rings. The molecule has 2 N–H and O–H groups in total. The first kappa shape index (κ1) is 21.5. The van der Waals surface area contributed by atoms with Crippen LogP contribution in [0.2, 0.25) is 0 Å². The first-order chi connectivity index (χ1) is 15.2. The zero-order valence-corrected chi connectivity index (χ0v) is 17.6. The Labute approximate surface area is 184 Å². The standard InChI is InChI=1S/C24H23F2N3O3/c1-15-6-3-4-7-19(15)16(2)32-23(31)28-21-8-5-13-29(21)18-11-9-17(10-12-18)27-22(30)20-14-24(20,25)26/h3-13,16,20H,14H2,1-2H3,(H,27,30)(H,28,31). The van der Waals surface area contributed by atoms with Crippen LogP contribution >= 0.6 is 0 Å². The molecule has 1 heterocycles. The average Bonchev–Trinajstić information content (AvgIpc) is 3.16. The van der Waals surface area contributed by atoms with Crippen molar-refractivity contribution in [3.63, 3.8) is 0 Å². The third kappa shape index (κ3) is 4.64. The number of halogens is 2. The predicted molar refractivity (Wildman–Crippen MR) is 117 cm³/mol. The molecule has 4 rings (SSSR count). The zero-order chi connectivity index (χ0) is 22.9. The molecule has 32 heavy (non-hydrogen) atoms. The summed E-state index contributed by atoms with van der Waals surface area (Å²) in [5.74, 6) is -4.34. The maximum Gasteiger partial charge on any atom is 0.413 e. The van der Waals surface area contributed by atoms with Crippen LogP contribution in [-0.4, -0.2) is 22.5 Å². The molecule has 2 aromatic carbocycles. The minimum Gasteiger partial charge on any atom is -0.441 e. The van der Waals surface area contributed by atoms with E-state index in [1.807, 2.05) is 38.1 Å². The Hall–Kier alpha value is -3.68. The van der Waals surface area contributed by atoms with E-state index in [1.165, 1.54) is 0 Å². The minimum atomic E-state index is -2.90. The molecule has 6 nitrogen and oxygen atoms in total. The van der Waals surface area contributed by atoms with Gasteiger partial charge in [0.05, 0.1) is 0 Å². The smallest absolute Gasteiger partial charge is 0.413 e. The molecule has 0 aliphatic heterocycles. The van der Waals surface area contributed by atoms with E-state index in [-0.39, 0.29) is 0 Å². The molecule has 3 aromatic rings. The van der Waals surface area contributed by atoms with Crippen LogP contribution < -0.4 is 10.6 Å². The fourth-order valence-corrected chi connectivity index (χ4v) is 3.54. The van der Waals surface area contributed by atoms with Gasteiger partial charge < -0.3 is 14.6 Å². The highest BCUT2D eigenvalue weighted by Gasteiger charge is 2.61. The van der Waals surface area contributed by atoms with Gasteiger partial charge in [-0.3, -0.25) is 10.1 Å². The molecule has 0 spiro atoms. The fourth-order valence-electron chi connectivity index (χ4n) is 3.54. The Kier molecular flexibility index (Phi) is 5.69. The molecule has 2 amide bonds. The fraction of sp³-hybridized carbons (Fsp3) is 0.250. The lowest BCUT2D eigenvalue weighted by atomic mass is 10.1. The molecular weight excluding hydrogens is 416 g/mol. The monoisotopic (exact) mass is 439 g/mol. The first-order valence-electron chi connectivity index (χ1n) is 10.2. The molecule has 0 saturated heterocycles. The van der Waals surface area contributed by atoms with E-state index >= 15 is 0 Å². The van der Waals surface area contributed by atoms with E-state index in [9.17, 15) is 18.4 Å². The highest BCUT2D eigenvalue weighted by molar-refractivity contribution is 5.95. The number of rotatable bonds is 6. The van der Waals surface area contributed by atoms with Gasteiger partial charge in [-0.05, 0) is 61.4 Å². The Morgan fingerprint density at radius 1 is 1.06 bits per heavy atom. The molecule has 2 unspecified atom stereocenters. The molecule has 1 aliphatic carbocycles. The van der Waals surface area contributed by atoms with Crippen LogP contribution in [0.1, 0.15) is 30.6 Å². The predicted octanol–water partition coefficient (Wildman–Crippen LogP) is 5.69. The number of nitrogens with zero attached hydrogens (tertiary/aromatic N) is 1. The van der Waals surface area contributed by atoms with Gasteiger partial charge >= 0.3 is 6.09 Å². The van der Waals surface area contributed by atoms with Gasteiger partial charge in [-0.2, -0.15) is 0 Å². The van der Waals surface area contributed by atoms with Gasteiger partial charge in [0, 0.05) is 24.0 Å². The quantitative estimate of drug-likeness (QED) is 0.518. The van der Waals surface area contributed by atoms with Crippen molar-refractivity contribution in [3.05, 3.63) is 78.0 Å². The Balaban J connectivity index is 1.39. The van der Waals surface area contributed by atoms with Crippen molar-refractivity contribution in [1.82, 2.24) is 4.57 Å². The number of carbonyl (C=O) groups excluding carboxylic acids is 2. The summed E-state index contributed by atoms with van der Waals surface area (Å²) in [5.41, 5.74) is 3.11. The number of nitrogens with one attached hydrogen (secondary N) is 2. The van der Waals surface area contributed by atoms with Crippen LogP contribution in [0.25, 0.3) is 5.69 Å². The van der Waals surface area contributed by atoms with Crippen molar-refractivity contribution in [2.45, 2.75) is 32.3 Å². The summed E-state index contributed by atoms with van der Waals surface area (Å²) < 4.78 is 33.3. The second kappa shape index (κ2) is 8.45. The third-order valence-corrected chi connectivity index (χ3v) is 5.44. The van der Waals surface area contributed by atoms with Gasteiger partial charge in [-0.1, -0.05) is 24.3 Å². The van der Waals surface area contributed by atoms with Crippen molar-refractivity contribution >= 4 is 23.5 Å². The highest BCUT2D eigenvalue weighted by atomic mass is 19.3. The van der Waals surface area contributed by atoms with E-state index in [1.54, 1.807) is 47.2 Å². The number of carbonyl (C=O) groups is 2. The number of amides is 2. The Morgan fingerprint density at radius 2 is 1.75 bits per heavy atom. The summed E-state index contributed by atoms with van der Waals surface area (Å²) >= 11 is 0. The van der Waals surface area contributed by atoms with Crippen LogP contribution in [0.4, 0.5) is 25.1 Å². The van der Waals surface area contributed by atoms with Crippen LogP contribution in [0, 0.1) is 12.8 Å². The van der Waals surface area contributed by atoms with E-state index < -0.39 is 36.4 Å². The number of hydrogen-bond donors (Lipinski definition) is 2. The van der Waals surface area contributed by atoms with Gasteiger partial charge in [0.1, 0.15) is 17.8 Å². The summed E-state index contributed by atoms with van der Waals surface area (Å²) in [6, 6.07) is 17.9. The zero-order valence-electron chi connectivity index (χ0n) is 17.6. The lowest BCUT2D eigenvalue weighted by Crippen LogP contribution is -2.18. The molecule has 2 atom stereocenters. The van der Waals surface area contributed by atoms with Crippen molar-refractivity contribution in [3.8, 4) is 5.69 Å². The second-order valence-electron chi connectivity index (χ2n) is 7.85. The maximum absolute atomic E-state index is 13.0. The molecule has 1 aromatic heterocycles. The van der Waals surface area contributed by atoms with E-state index in [4.69, 9.17) is 4.74 Å². The lowest BCUT2D eigenvalue weighted by Gasteiger charge is -2.17. The van der Waals surface area contributed by atoms with E-state index in [2.05, 4.69) is 10.6 Å². The molecule has 0 bridgehead atoms.